The van der Waals surface area contributed by atoms with E-state index in [0.717, 1.165) is 10.5 Å². The molecule has 1 heterocycles. The number of imide groups is 1. The Kier molecular flexibility index (Phi) is 5.88. The topological polar surface area (TPSA) is 67.9 Å². The van der Waals surface area contributed by atoms with Crippen LogP contribution in [0, 0.1) is 6.92 Å². The van der Waals surface area contributed by atoms with Crippen molar-refractivity contribution in [3.8, 4) is 11.5 Å². The lowest BCUT2D eigenvalue weighted by molar-refractivity contribution is -0.120. The molecule has 4 rings (SSSR count). The van der Waals surface area contributed by atoms with E-state index in [0.29, 0.717) is 33.5 Å². The number of aryl methyl sites for hydroxylation is 1. The number of rotatable bonds is 6. The highest BCUT2D eigenvalue weighted by Gasteiger charge is 2.40. The van der Waals surface area contributed by atoms with E-state index in [-0.39, 0.29) is 11.3 Å². The molecule has 7 heteroatoms. The molecule has 0 fully saturated rings. The molecule has 3 aromatic carbocycles. The van der Waals surface area contributed by atoms with Crippen LogP contribution in [0.15, 0.2) is 72.4 Å². The first-order chi connectivity index (χ1) is 15.4. The Morgan fingerprint density at radius 2 is 1.41 bits per heavy atom. The van der Waals surface area contributed by atoms with Crippen molar-refractivity contribution in [3.63, 3.8) is 0 Å². The molecule has 2 amide bonds. The fourth-order valence-electron chi connectivity index (χ4n) is 3.45. The van der Waals surface area contributed by atoms with Crippen LogP contribution in [0.1, 0.15) is 11.1 Å². The van der Waals surface area contributed by atoms with E-state index < -0.39 is 11.8 Å². The van der Waals surface area contributed by atoms with Gasteiger partial charge in [0.25, 0.3) is 11.8 Å². The normalized spacial score (nSPS) is 13.6. The van der Waals surface area contributed by atoms with Crippen molar-refractivity contribution in [2.24, 2.45) is 0 Å². The van der Waals surface area contributed by atoms with Crippen LogP contribution < -0.4 is 19.7 Å². The molecule has 1 aliphatic heterocycles. The number of nitrogens with zero attached hydrogens (tertiary/aromatic N) is 1. The first kappa shape index (κ1) is 21.5. The lowest BCUT2D eigenvalue weighted by atomic mass is 10.0. The minimum atomic E-state index is -0.462. The van der Waals surface area contributed by atoms with Crippen LogP contribution in [0.4, 0.5) is 11.4 Å². The molecular formula is C25H21ClN2O4. The zero-order valence-electron chi connectivity index (χ0n) is 17.8. The van der Waals surface area contributed by atoms with Gasteiger partial charge < -0.3 is 14.8 Å². The van der Waals surface area contributed by atoms with Gasteiger partial charge in [0, 0.05) is 10.7 Å². The van der Waals surface area contributed by atoms with E-state index in [1.807, 2.05) is 6.92 Å². The van der Waals surface area contributed by atoms with Crippen molar-refractivity contribution < 1.29 is 19.1 Å². The molecule has 0 bridgehead atoms. The summed E-state index contributed by atoms with van der Waals surface area (Å²) < 4.78 is 10.4. The van der Waals surface area contributed by atoms with Crippen LogP contribution in [0.3, 0.4) is 0 Å². The molecule has 1 aliphatic rings. The molecule has 0 spiro atoms. The van der Waals surface area contributed by atoms with Crippen LogP contribution in [0.5, 0.6) is 11.5 Å². The number of amides is 2. The summed E-state index contributed by atoms with van der Waals surface area (Å²) in [6.45, 7) is 1.86. The predicted molar refractivity (Wildman–Crippen MR) is 125 cm³/mol. The summed E-state index contributed by atoms with van der Waals surface area (Å²) >= 11 is 6.26. The van der Waals surface area contributed by atoms with E-state index in [1.165, 1.54) is 0 Å². The minimum Gasteiger partial charge on any atom is -0.497 e. The second-order valence-corrected chi connectivity index (χ2v) is 7.62. The molecule has 0 unspecified atom stereocenters. The molecule has 0 saturated heterocycles. The number of methoxy groups -OCH3 is 2. The second-order valence-electron chi connectivity index (χ2n) is 7.21. The molecule has 0 atom stereocenters. The average Bonchev–Trinajstić information content (AvgIpc) is 3.05. The van der Waals surface area contributed by atoms with Gasteiger partial charge in [-0.1, -0.05) is 29.8 Å². The van der Waals surface area contributed by atoms with Gasteiger partial charge >= 0.3 is 0 Å². The van der Waals surface area contributed by atoms with E-state index in [9.17, 15) is 9.59 Å². The van der Waals surface area contributed by atoms with E-state index in [4.69, 9.17) is 21.1 Å². The molecule has 6 nitrogen and oxygen atoms in total. The number of ether oxygens (including phenoxy) is 2. The van der Waals surface area contributed by atoms with Crippen molar-refractivity contribution in [2.45, 2.75) is 6.92 Å². The van der Waals surface area contributed by atoms with E-state index in [2.05, 4.69) is 5.32 Å². The maximum Gasteiger partial charge on any atom is 0.282 e. The number of carbonyl (C=O) groups excluding carboxylic acids is 2. The first-order valence-corrected chi connectivity index (χ1v) is 10.3. The third-order valence-electron chi connectivity index (χ3n) is 5.24. The van der Waals surface area contributed by atoms with E-state index >= 15 is 0 Å². The Morgan fingerprint density at radius 3 is 1.97 bits per heavy atom. The number of anilines is 2. The van der Waals surface area contributed by atoms with Crippen LogP contribution in [-0.4, -0.2) is 26.0 Å². The lowest BCUT2D eigenvalue weighted by Gasteiger charge is -2.16. The maximum atomic E-state index is 13.5. The number of halogens is 1. The predicted octanol–water partition coefficient (Wildman–Crippen LogP) is 5.06. The third kappa shape index (κ3) is 3.92. The molecule has 32 heavy (non-hydrogen) atoms. The van der Waals surface area contributed by atoms with Gasteiger partial charge in [0.15, 0.2) is 0 Å². The Labute approximate surface area is 191 Å². The molecular weight excluding hydrogens is 428 g/mol. The van der Waals surface area contributed by atoms with Crippen LogP contribution in [0.25, 0.3) is 5.57 Å². The molecule has 0 radical (unpaired) electrons. The fourth-order valence-corrected chi connectivity index (χ4v) is 3.62. The molecule has 0 saturated carbocycles. The summed E-state index contributed by atoms with van der Waals surface area (Å²) in [6, 6.07) is 19.2. The quantitative estimate of drug-likeness (QED) is 0.534. The van der Waals surface area contributed by atoms with Gasteiger partial charge in [-0.2, -0.15) is 0 Å². The van der Waals surface area contributed by atoms with Gasteiger partial charge in [0.05, 0.1) is 25.5 Å². The minimum absolute atomic E-state index is 0.182. The molecule has 0 aromatic heterocycles. The van der Waals surface area contributed by atoms with Gasteiger partial charge in [-0.25, -0.2) is 4.90 Å². The van der Waals surface area contributed by atoms with Crippen molar-refractivity contribution in [1.82, 2.24) is 0 Å². The third-order valence-corrected chi connectivity index (χ3v) is 5.64. The Morgan fingerprint density at radius 1 is 0.812 bits per heavy atom. The highest BCUT2D eigenvalue weighted by Crippen LogP contribution is 2.35. The smallest absolute Gasteiger partial charge is 0.282 e. The number of hydrogen-bond donors (Lipinski definition) is 1. The SMILES string of the molecule is COc1ccc(NC2=C(c3ccc(OC)cc3)C(=O)N(c3ccc(C)c(Cl)c3)C2=O)cc1. The average molecular weight is 449 g/mol. The highest BCUT2D eigenvalue weighted by atomic mass is 35.5. The number of hydrogen-bond acceptors (Lipinski definition) is 5. The molecule has 3 aromatic rings. The fraction of sp³-hybridized carbons (Fsp3) is 0.120. The Balaban J connectivity index is 1.79. The summed E-state index contributed by atoms with van der Waals surface area (Å²) in [4.78, 5) is 28.1. The zero-order valence-corrected chi connectivity index (χ0v) is 18.6. The summed E-state index contributed by atoms with van der Waals surface area (Å²) in [5.41, 5.74) is 2.97. The van der Waals surface area contributed by atoms with Gasteiger partial charge in [0.2, 0.25) is 0 Å². The summed E-state index contributed by atoms with van der Waals surface area (Å²) in [6.07, 6.45) is 0. The molecule has 0 aliphatic carbocycles. The van der Waals surface area contributed by atoms with Gasteiger partial charge in [-0.15, -0.1) is 0 Å². The van der Waals surface area contributed by atoms with Crippen molar-refractivity contribution in [2.75, 3.05) is 24.4 Å². The van der Waals surface area contributed by atoms with Crippen molar-refractivity contribution in [3.05, 3.63) is 88.6 Å². The van der Waals surface area contributed by atoms with Crippen LogP contribution in [0.2, 0.25) is 5.02 Å². The van der Waals surface area contributed by atoms with E-state index in [1.54, 1.807) is 80.9 Å². The highest BCUT2D eigenvalue weighted by molar-refractivity contribution is 6.46. The largest absolute Gasteiger partial charge is 0.497 e. The lowest BCUT2D eigenvalue weighted by Crippen LogP contribution is -2.32. The maximum absolute atomic E-state index is 13.5. The number of nitrogens with one attached hydrogen (secondary N) is 1. The van der Waals surface area contributed by atoms with Crippen LogP contribution >= 0.6 is 11.6 Å². The van der Waals surface area contributed by atoms with Crippen molar-refractivity contribution >= 4 is 40.4 Å². The summed E-state index contributed by atoms with van der Waals surface area (Å²) in [5, 5.41) is 3.60. The Bertz CT molecular complexity index is 1220. The van der Waals surface area contributed by atoms with Crippen molar-refractivity contribution in [1.29, 1.82) is 0 Å². The summed E-state index contributed by atoms with van der Waals surface area (Å²) in [7, 11) is 3.15. The molecule has 1 N–H and O–H groups in total. The molecule has 162 valence electrons. The number of carbonyl (C=O) groups is 2. The Hall–Kier alpha value is -3.77. The van der Waals surface area contributed by atoms with Crippen LogP contribution in [-0.2, 0) is 9.59 Å². The zero-order chi connectivity index (χ0) is 22.8. The van der Waals surface area contributed by atoms with Gasteiger partial charge in [-0.05, 0) is 66.6 Å². The second kappa shape index (κ2) is 8.77. The standard InChI is InChI=1S/C25H21ClN2O4/c1-15-4-9-18(14-21(15)26)28-24(29)22(16-5-10-19(31-2)11-6-16)23(25(28)30)27-17-7-12-20(32-3)13-8-17/h4-14,27H,1-3H3. The number of benzene rings is 3. The first-order valence-electron chi connectivity index (χ1n) is 9.87. The van der Waals surface area contributed by atoms with Gasteiger partial charge in [0.1, 0.15) is 17.2 Å². The van der Waals surface area contributed by atoms with Gasteiger partial charge in [-0.3, -0.25) is 9.59 Å². The monoisotopic (exact) mass is 448 g/mol. The summed E-state index contributed by atoms with van der Waals surface area (Å²) in [5.74, 6) is 0.440.